The van der Waals surface area contributed by atoms with Gasteiger partial charge in [0.15, 0.2) is 0 Å². The zero-order valence-corrected chi connectivity index (χ0v) is 11.0. The Hall–Kier alpha value is -2.09. The molecule has 1 aromatic heterocycles. The molecule has 0 aliphatic carbocycles. The van der Waals surface area contributed by atoms with Crippen molar-refractivity contribution in [3.05, 3.63) is 58.3 Å². The fraction of sp³-hybridized carbons (Fsp3) is 0.235. The maximum Gasteiger partial charge on any atom is 0.200 e. The quantitative estimate of drug-likeness (QED) is 0.651. The highest BCUT2D eigenvalue weighted by molar-refractivity contribution is 5.89. The maximum absolute atomic E-state index is 12.5. The molecule has 19 heavy (non-hydrogen) atoms. The summed E-state index contributed by atoms with van der Waals surface area (Å²) in [7, 11) is 0. The van der Waals surface area contributed by atoms with Crippen LogP contribution in [0.2, 0.25) is 0 Å². The van der Waals surface area contributed by atoms with Gasteiger partial charge in [-0.3, -0.25) is 4.79 Å². The van der Waals surface area contributed by atoms with E-state index >= 15 is 0 Å². The fourth-order valence-corrected chi connectivity index (χ4v) is 2.39. The van der Waals surface area contributed by atoms with Gasteiger partial charge in [0.1, 0.15) is 11.2 Å². The Bertz CT molecular complexity index is 784. The molecule has 0 unspecified atom stereocenters. The van der Waals surface area contributed by atoms with E-state index in [1.165, 1.54) is 5.56 Å². The van der Waals surface area contributed by atoms with Crippen molar-refractivity contribution in [3.63, 3.8) is 0 Å². The number of rotatable bonds is 3. The average molecular weight is 252 g/mol. The van der Waals surface area contributed by atoms with Gasteiger partial charge in [-0.25, -0.2) is 0 Å². The van der Waals surface area contributed by atoms with E-state index in [9.17, 15) is 4.79 Å². The molecule has 0 spiro atoms. The van der Waals surface area contributed by atoms with E-state index in [4.69, 9.17) is 4.42 Å². The van der Waals surface area contributed by atoms with Crippen molar-refractivity contribution >= 4 is 21.9 Å². The minimum atomic E-state index is 0.0650. The number of unbranched alkanes of at least 4 members (excludes halogenated alkanes) is 1. The number of para-hydroxylation sites is 1. The van der Waals surface area contributed by atoms with Crippen molar-refractivity contribution in [2.45, 2.75) is 26.2 Å². The molecule has 2 aromatic carbocycles. The van der Waals surface area contributed by atoms with E-state index in [-0.39, 0.29) is 5.43 Å². The summed E-state index contributed by atoms with van der Waals surface area (Å²) in [5.41, 5.74) is 2.59. The summed E-state index contributed by atoms with van der Waals surface area (Å²) < 4.78 is 5.79. The summed E-state index contributed by atoms with van der Waals surface area (Å²) in [6, 6.07) is 13.3. The van der Waals surface area contributed by atoms with Gasteiger partial charge in [0.05, 0.1) is 10.8 Å². The van der Waals surface area contributed by atoms with Crippen LogP contribution in [-0.4, -0.2) is 0 Å². The van der Waals surface area contributed by atoms with Crippen LogP contribution in [0.3, 0.4) is 0 Å². The Labute approximate surface area is 111 Å². The monoisotopic (exact) mass is 252 g/mol. The van der Waals surface area contributed by atoms with Crippen LogP contribution in [0.25, 0.3) is 21.9 Å². The molecule has 0 bridgehead atoms. The first-order valence-electron chi connectivity index (χ1n) is 6.74. The predicted octanol–water partition coefficient (Wildman–Crippen LogP) is 4.29. The number of hydrogen-bond donors (Lipinski definition) is 0. The summed E-state index contributed by atoms with van der Waals surface area (Å²) in [4.78, 5) is 12.5. The molecular formula is C17H16O2. The van der Waals surface area contributed by atoms with Crippen LogP contribution < -0.4 is 5.43 Å². The Morgan fingerprint density at radius 3 is 2.63 bits per heavy atom. The summed E-state index contributed by atoms with van der Waals surface area (Å²) in [6.07, 6.45) is 3.31. The van der Waals surface area contributed by atoms with Gasteiger partial charge in [-0.05, 0) is 42.7 Å². The van der Waals surface area contributed by atoms with Gasteiger partial charge in [-0.15, -0.1) is 0 Å². The van der Waals surface area contributed by atoms with E-state index in [2.05, 4.69) is 13.0 Å². The average Bonchev–Trinajstić information content (AvgIpc) is 2.46. The van der Waals surface area contributed by atoms with Crippen LogP contribution in [0.4, 0.5) is 0 Å². The Morgan fingerprint density at radius 1 is 1.00 bits per heavy atom. The van der Waals surface area contributed by atoms with E-state index in [0.717, 1.165) is 19.3 Å². The minimum Gasteiger partial charge on any atom is -0.456 e. The fourth-order valence-electron chi connectivity index (χ4n) is 2.39. The lowest BCUT2D eigenvalue weighted by Gasteiger charge is -2.04. The SMILES string of the molecule is CCCCc1ccc2oc3ccccc3c(=O)c2c1. The molecule has 1 heterocycles. The van der Waals surface area contributed by atoms with Crippen LogP contribution in [0.1, 0.15) is 25.3 Å². The van der Waals surface area contributed by atoms with Crippen LogP contribution in [0.15, 0.2) is 51.7 Å². The largest absolute Gasteiger partial charge is 0.456 e. The third-order valence-corrected chi connectivity index (χ3v) is 3.46. The molecule has 0 N–H and O–H groups in total. The lowest BCUT2D eigenvalue weighted by atomic mass is 10.0. The summed E-state index contributed by atoms with van der Waals surface area (Å²) >= 11 is 0. The molecule has 96 valence electrons. The van der Waals surface area contributed by atoms with Crippen LogP contribution in [0.5, 0.6) is 0 Å². The first-order valence-corrected chi connectivity index (χ1v) is 6.74. The zero-order valence-electron chi connectivity index (χ0n) is 11.0. The molecule has 0 saturated heterocycles. The topological polar surface area (TPSA) is 30.2 Å². The Kier molecular flexibility index (Phi) is 3.08. The molecule has 0 aliphatic heterocycles. The van der Waals surface area contributed by atoms with Gasteiger partial charge in [0.25, 0.3) is 0 Å². The van der Waals surface area contributed by atoms with Crippen molar-refractivity contribution in [1.82, 2.24) is 0 Å². The van der Waals surface area contributed by atoms with E-state index in [1.807, 2.05) is 36.4 Å². The van der Waals surface area contributed by atoms with Gasteiger partial charge in [-0.1, -0.05) is 31.5 Å². The smallest absolute Gasteiger partial charge is 0.200 e. The predicted molar refractivity (Wildman–Crippen MR) is 78.6 cm³/mol. The molecule has 0 fully saturated rings. The summed E-state index contributed by atoms with van der Waals surface area (Å²) in [5, 5.41) is 1.34. The Balaban J connectivity index is 2.24. The number of aryl methyl sites for hydroxylation is 1. The van der Waals surface area contributed by atoms with Crippen LogP contribution in [0, 0.1) is 0 Å². The third kappa shape index (κ3) is 2.14. The van der Waals surface area contributed by atoms with Gasteiger partial charge < -0.3 is 4.42 Å². The zero-order chi connectivity index (χ0) is 13.2. The van der Waals surface area contributed by atoms with Crippen LogP contribution in [-0.2, 0) is 6.42 Å². The van der Waals surface area contributed by atoms with E-state index in [0.29, 0.717) is 21.9 Å². The van der Waals surface area contributed by atoms with Gasteiger partial charge in [0, 0.05) is 0 Å². The second kappa shape index (κ2) is 4.88. The van der Waals surface area contributed by atoms with Crippen molar-refractivity contribution < 1.29 is 4.42 Å². The van der Waals surface area contributed by atoms with Gasteiger partial charge in [0.2, 0.25) is 5.43 Å². The molecule has 0 saturated carbocycles. The second-order valence-electron chi connectivity index (χ2n) is 4.86. The van der Waals surface area contributed by atoms with E-state index in [1.54, 1.807) is 0 Å². The molecular weight excluding hydrogens is 236 g/mol. The Morgan fingerprint density at radius 2 is 1.79 bits per heavy atom. The highest BCUT2D eigenvalue weighted by atomic mass is 16.3. The maximum atomic E-state index is 12.5. The van der Waals surface area contributed by atoms with Gasteiger partial charge >= 0.3 is 0 Å². The highest BCUT2D eigenvalue weighted by Crippen LogP contribution is 2.20. The van der Waals surface area contributed by atoms with E-state index < -0.39 is 0 Å². The lowest BCUT2D eigenvalue weighted by Crippen LogP contribution is -2.02. The number of benzene rings is 2. The molecule has 3 rings (SSSR count). The lowest BCUT2D eigenvalue weighted by molar-refractivity contribution is 0.659. The van der Waals surface area contributed by atoms with Crippen molar-refractivity contribution in [1.29, 1.82) is 0 Å². The van der Waals surface area contributed by atoms with Crippen molar-refractivity contribution in [2.75, 3.05) is 0 Å². The van der Waals surface area contributed by atoms with Crippen molar-refractivity contribution in [2.24, 2.45) is 0 Å². The number of hydrogen-bond acceptors (Lipinski definition) is 2. The first-order chi connectivity index (χ1) is 9.29. The first kappa shape index (κ1) is 12.0. The highest BCUT2D eigenvalue weighted by Gasteiger charge is 2.07. The minimum absolute atomic E-state index is 0.0650. The number of fused-ring (bicyclic) bond motifs is 2. The summed E-state index contributed by atoms with van der Waals surface area (Å²) in [5.74, 6) is 0. The second-order valence-corrected chi connectivity index (χ2v) is 4.86. The van der Waals surface area contributed by atoms with Crippen molar-refractivity contribution in [3.8, 4) is 0 Å². The molecule has 0 atom stereocenters. The molecule has 0 radical (unpaired) electrons. The molecule has 2 heteroatoms. The van der Waals surface area contributed by atoms with Crippen LogP contribution >= 0.6 is 0 Å². The van der Waals surface area contributed by atoms with Gasteiger partial charge in [-0.2, -0.15) is 0 Å². The molecule has 2 nitrogen and oxygen atoms in total. The molecule has 0 aliphatic rings. The normalized spacial score (nSPS) is 11.2. The third-order valence-electron chi connectivity index (χ3n) is 3.46. The standard InChI is InChI=1S/C17H16O2/c1-2-3-6-12-9-10-16-14(11-12)17(18)13-7-4-5-8-15(13)19-16/h4-5,7-11H,2-3,6H2,1H3. The molecule has 3 aromatic rings. The summed E-state index contributed by atoms with van der Waals surface area (Å²) in [6.45, 7) is 2.17. The molecule has 0 amide bonds.